The van der Waals surface area contributed by atoms with Gasteiger partial charge >= 0.3 is 0 Å². The van der Waals surface area contributed by atoms with Gasteiger partial charge in [-0.1, -0.05) is 18.2 Å². The van der Waals surface area contributed by atoms with Crippen LogP contribution in [-0.4, -0.2) is 24.4 Å². The molecule has 1 N–H and O–H groups in total. The fraction of sp³-hybridized carbons (Fsp3) is 0.0833. The van der Waals surface area contributed by atoms with Gasteiger partial charge in [-0.05, 0) is 15.9 Å². The molecule has 106 valence electrons. The van der Waals surface area contributed by atoms with Gasteiger partial charge in [0, 0.05) is 11.6 Å². The van der Waals surface area contributed by atoms with E-state index in [1.165, 1.54) is 12.4 Å². The summed E-state index contributed by atoms with van der Waals surface area (Å²) in [5.74, 6) is 0. The maximum Gasteiger partial charge on any atom is 0.278 e. The molecule has 2 heterocycles. The molecule has 0 saturated carbocycles. The number of nitro benzene ring substituents is 1. The van der Waals surface area contributed by atoms with E-state index in [2.05, 4.69) is 30.9 Å². The fourth-order valence-corrected chi connectivity index (χ4v) is 2.53. The van der Waals surface area contributed by atoms with Crippen LogP contribution in [0.2, 0.25) is 0 Å². The second kappa shape index (κ2) is 5.09. The number of hydrogen-bond donors (Lipinski definition) is 1. The second-order valence-electron chi connectivity index (χ2n) is 4.26. The lowest BCUT2D eigenvalue weighted by Crippen LogP contribution is -2.08. The monoisotopic (exact) mass is 349 g/mol. The first-order valence-electron chi connectivity index (χ1n) is 5.89. The normalized spacial score (nSPS) is 10.9. The molecule has 0 amide bonds. The van der Waals surface area contributed by atoms with E-state index in [0.29, 0.717) is 15.9 Å². The van der Waals surface area contributed by atoms with Crippen LogP contribution in [0.1, 0.15) is 5.56 Å². The van der Waals surface area contributed by atoms with Crippen molar-refractivity contribution in [2.24, 2.45) is 0 Å². The van der Waals surface area contributed by atoms with E-state index in [-0.39, 0.29) is 23.3 Å². The molecule has 0 aliphatic carbocycles. The lowest BCUT2D eigenvalue weighted by atomic mass is 10.2. The van der Waals surface area contributed by atoms with E-state index in [1.807, 2.05) is 0 Å². The highest BCUT2D eigenvalue weighted by molar-refractivity contribution is 9.10. The Balaban J connectivity index is 2.15. The lowest BCUT2D eigenvalue weighted by Gasteiger charge is -2.06. The van der Waals surface area contributed by atoms with Gasteiger partial charge in [0.05, 0.1) is 17.8 Å². The van der Waals surface area contributed by atoms with Crippen molar-refractivity contribution in [2.45, 2.75) is 6.54 Å². The zero-order valence-electron chi connectivity index (χ0n) is 10.5. The molecular weight excluding hydrogens is 342 g/mol. The number of rotatable bonds is 3. The van der Waals surface area contributed by atoms with E-state index in [0.717, 1.165) is 0 Å². The summed E-state index contributed by atoms with van der Waals surface area (Å²) >= 11 is 3.25. The molecule has 0 spiro atoms. The molecule has 0 aliphatic rings. The Labute approximate surface area is 125 Å². The minimum atomic E-state index is -0.442. The first-order valence-corrected chi connectivity index (χ1v) is 6.69. The molecule has 0 fully saturated rings. The topological polar surface area (TPSA) is 107 Å². The molecule has 2 aromatic heterocycles. The minimum Gasteiger partial charge on any atom is -0.311 e. The van der Waals surface area contributed by atoms with E-state index in [1.54, 1.807) is 22.8 Å². The Morgan fingerprint density at radius 2 is 2.14 bits per heavy atom. The first-order chi connectivity index (χ1) is 10.1. The third-order valence-corrected chi connectivity index (χ3v) is 3.61. The lowest BCUT2D eigenvalue weighted by molar-refractivity contribution is -0.385. The second-order valence-corrected chi connectivity index (χ2v) is 4.97. The highest BCUT2D eigenvalue weighted by Crippen LogP contribution is 2.23. The standard InChI is InChI=1S/C12H8BrN5O3/c13-12-16-9-10(14-6-15-11(9)19)17(12)5-7-3-1-2-4-8(7)18(20)21/h1-4,6H,5H2,(H,14,15,19). The van der Waals surface area contributed by atoms with Crippen LogP contribution in [0.5, 0.6) is 0 Å². The molecule has 0 atom stereocenters. The molecule has 0 radical (unpaired) electrons. The van der Waals surface area contributed by atoms with Gasteiger partial charge in [-0.3, -0.25) is 19.5 Å². The Morgan fingerprint density at radius 1 is 1.38 bits per heavy atom. The number of fused-ring (bicyclic) bond motifs is 1. The number of imidazole rings is 1. The third kappa shape index (κ3) is 2.31. The summed E-state index contributed by atoms with van der Waals surface area (Å²) in [6, 6.07) is 6.41. The largest absolute Gasteiger partial charge is 0.311 e. The van der Waals surface area contributed by atoms with Crippen molar-refractivity contribution >= 4 is 32.8 Å². The van der Waals surface area contributed by atoms with Gasteiger partial charge in [0.2, 0.25) is 0 Å². The summed E-state index contributed by atoms with van der Waals surface area (Å²) in [5, 5.41) is 11.1. The summed E-state index contributed by atoms with van der Waals surface area (Å²) in [6.45, 7) is 0.185. The van der Waals surface area contributed by atoms with Gasteiger partial charge in [-0.15, -0.1) is 0 Å². The molecule has 3 aromatic rings. The number of nitro groups is 1. The van der Waals surface area contributed by atoms with Crippen molar-refractivity contribution in [3.05, 3.63) is 61.4 Å². The molecule has 0 unspecified atom stereocenters. The number of aromatic amines is 1. The molecule has 0 saturated heterocycles. The van der Waals surface area contributed by atoms with Crippen molar-refractivity contribution < 1.29 is 4.92 Å². The zero-order chi connectivity index (χ0) is 15.0. The number of H-pyrrole nitrogens is 1. The van der Waals surface area contributed by atoms with E-state index >= 15 is 0 Å². The van der Waals surface area contributed by atoms with Gasteiger partial charge in [-0.25, -0.2) is 9.97 Å². The van der Waals surface area contributed by atoms with Crippen LogP contribution in [0.15, 0.2) is 40.1 Å². The summed E-state index contributed by atoms with van der Waals surface area (Å²) in [6.07, 6.45) is 1.27. The molecule has 0 aliphatic heterocycles. The number of benzene rings is 1. The quantitative estimate of drug-likeness (QED) is 0.441. The van der Waals surface area contributed by atoms with Crippen molar-refractivity contribution in [1.82, 2.24) is 19.5 Å². The van der Waals surface area contributed by atoms with E-state index in [9.17, 15) is 14.9 Å². The molecule has 9 heteroatoms. The number of halogens is 1. The number of aromatic nitrogens is 4. The van der Waals surface area contributed by atoms with E-state index in [4.69, 9.17) is 0 Å². The highest BCUT2D eigenvalue weighted by atomic mass is 79.9. The van der Waals surface area contributed by atoms with Gasteiger partial charge in [-0.2, -0.15) is 0 Å². The average molecular weight is 350 g/mol. The van der Waals surface area contributed by atoms with Crippen LogP contribution in [0.3, 0.4) is 0 Å². The zero-order valence-corrected chi connectivity index (χ0v) is 12.1. The van der Waals surface area contributed by atoms with Crippen molar-refractivity contribution in [3.63, 3.8) is 0 Å². The fourth-order valence-electron chi connectivity index (χ4n) is 2.05. The number of nitrogens with one attached hydrogen (secondary N) is 1. The predicted octanol–water partition coefficient (Wildman–Crippen LogP) is 1.84. The van der Waals surface area contributed by atoms with Gasteiger partial charge in [0.15, 0.2) is 15.9 Å². The SMILES string of the molecule is O=c1[nH]cnc2c1nc(Br)n2Cc1ccccc1[N+](=O)[O-]. The van der Waals surface area contributed by atoms with Gasteiger partial charge in [0.1, 0.15) is 0 Å². The van der Waals surface area contributed by atoms with Gasteiger partial charge in [0.25, 0.3) is 11.2 Å². The van der Waals surface area contributed by atoms with Crippen LogP contribution < -0.4 is 5.56 Å². The Kier molecular flexibility index (Phi) is 3.26. The molecule has 21 heavy (non-hydrogen) atoms. The average Bonchev–Trinajstić information content (AvgIpc) is 2.78. The maximum atomic E-state index is 11.7. The molecule has 8 nitrogen and oxygen atoms in total. The molecular formula is C12H8BrN5O3. The minimum absolute atomic E-state index is 0.0103. The summed E-state index contributed by atoms with van der Waals surface area (Å²) in [4.78, 5) is 32.9. The molecule has 3 rings (SSSR count). The summed E-state index contributed by atoms with van der Waals surface area (Å²) < 4.78 is 1.99. The Bertz CT molecular complexity index is 901. The summed E-state index contributed by atoms with van der Waals surface area (Å²) in [7, 11) is 0. The molecule has 0 bridgehead atoms. The highest BCUT2D eigenvalue weighted by Gasteiger charge is 2.17. The first kappa shape index (κ1) is 13.4. The van der Waals surface area contributed by atoms with Crippen LogP contribution in [0.25, 0.3) is 11.2 Å². The van der Waals surface area contributed by atoms with Crippen LogP contribution >= 0.6 is 15.9 Å². The van der Waals surface area contributed by atoms with Gasteiger partial charge < -0.3 is 4.98 Å². The van der Waals surface area contributed by atoms with Crippen molar-refractivity contribution in [2.75, 3.05) is 0 Å². The van der Waals surface area contributed by atoms with E-state index < -0.39 is 4.92 Å². The van der Waals surface area contributed by atoms with Crippen LogP contribution in [0.4, 0.5) is 5.69 Å². The molecule has 1 aromatic carbocycles. The Morgan fingerprint density at radius 3 is 2.90 bits per heavy atom. The van der Waals surface area contributed by atoms with Crippen LogP contribution in [0, 0.1) is 10.1 Å². The summed E-state index contributed by atoms with van der Waals surface area (Å²) in [5.41, 5.74) is 0.703. The Hall–Kier alpha value is -2.55. The van der Waals surface area contributed by atoms with Crippen molar-refractivity contribution in [1.29, 1.82) is 0 Å². The number of nitrogens with zero attached hydrogens (tertiary/aromatic N) is 4. The third-order valence-electron chi connectivity index (χ3n) is 3.01. The van der Waals surface area contributed by atoms with Crippen molar-refractivity contribution in [3.8, 4) is 0 Å². The number of para-hydroxylation sites is 1. The predicted molar refractivity (Wildman–Crippen MR) is 78.0 cm³/mol. The van der Waals surface area contributed by atoms with Crippen LogP contribution in [-0.2, 0) is 6.54 Å². The smallest absolute Gasteiger partial charge is 0.278 e. The number of hydrogen-bond acceptors (Lipinski definition) is 5. The maximum absolute atomic E-state index is 11.7.